The summed E-state index contributed by atoms with van der Waals surface area (Å²) in [6.07, 6.45) is 0.321. The third-order valence-electron chi connectivity index (χ3n) is 1.57. The van der Waals surface area contributed by atoms with Gasteiger partial charge in [0.05, 0.1) is 6.42 Å². The van der Waals surface area contributed by atoms with Crippen molar-refractivity contribution in [1.82, 2.24) is 5.32 Å². The van der Waals surface area contributed by atoms with Crippen LogP contribution in [-0.4, -0.2) is 18.5 Å². The van der Waals surface area contributed by atoms with Crippen LogP contribution >= 0.6 is 0 Å². The van der Waals surface area contributed by atoms with Gasteiger partial charge in [-0.25, -0.2) is 4.79 Å². The molecular weight excluding hydrogens is 134 g/mol. The minimum atomic E-state index is -0.402. The quantitative estimate of drug-likeness (QED) is 0.452. The molecule has 0 unspecified atom stereocenters. The lowest BCUT2D eigenvalue weighted by atomic mass is 10.2. The van der Waals surface area contributed by atoms with Crippen LogP contribution in [0, 0.1) is 0 Å². The molecule has 0 aliphatic carbocycles. The van der Waals surface area contributed by atoms with Gasteiger partial charge in [-0.05, 0) is 0 Å². The molecule has 1 amide bonds. The number of carbonyl (C=O) groups excluding carboxylic acids is 2. The van der Waals surface area contributed by atoms with Crippen molar-refractivity contribution in [3.8, 4) is 0 Å². The molecule has 0 aromatic heterocycles. The number of esters is 1. The summed E-state index contributed by atoms with van der Waals surface area (Å²) in [6, 6.07) is 0. The highest BCUT2D eigenvalue weighted by Crippen LogP contribution is 2.21. The molecule has 4 nitrogen and oxygen atoms in total. The summed E-state index contributed by atoms with van der Waals surface area (Å²) < 4.78 is 4.64. The molecule has 4 heteroatoms. The molecule has 2 heterocycles. The number of nitrogens with one attached hydrogen (secondary N) is 1. The van der Waals surface area contributed by atoms with Crippen LogP contribution in [0.15, 0.2) is 11.3 Å². The van der Waals surface area contributed by atoms with Crippen LogP contribution in [0.4, 0.5) is 0 Å². The van der Waals surface area contributed by atoms with E-state index in [1.807, 2.05) is 0 Å². The minimum absolute atomic E-state index is 0.110. The largest absolute Gasteiger partial charge is 0.456 e. The maximum absolute atomic E-state index is 10.7. The van der Waals surface area contributed by atoms with E-state index in [0.29, 0.717) is 12.1 Å². The van der Waals surface area contributed by atoms with Gasteiger partial charge in [-0.3, -0.25) is 4.79 Å². The van der Waals surface area contributed by atoms with Gasteiger partial charge in [0.15, 0.2) is 0 Å². The zero-order valence-electron chi connectivity index (χ0n) is 5.14. The number of amides is 1. The molecule has 10 heavy (non-hydrogen) atoms. The molecule has 0 atom stereocenters. The van der Waals surface area contributed by atoms with Crippen molar-refractivity contribution in [2.24, 2.45) is 0 Å². The number of hydrogen-bond acceptors (Lipinski definition) is 3. The van der Waals surface area contributed by atoms with Gasteiger partial charge in [0.1, 0.15) is 12.3 Å². The van der Waals surface area contributed by atoms with E-state index in [1.165, 1.54) is 0 Å². The van der Waals surface area contributed by atoms with Crippen LogP contribution in [0.5, 0.6) is 0 Å². The molecule has 2 aliphatic rings. The molecule has 1 N–H and O–H groups in total. The standard InChI is InChI=1S/C6H5NO3/c8-4-1-3-2-10-6(9)5(3)7-4/h1-2H2,(H,7,8). The highest BCUT2D eigenvalue weighted by Gasteiger charge is 2.32. The second-order valence-electron chi connectivity index (χ2n) is 2.28. The monoisotopic (exact) mass is 139 g/mol. The van der Waals surface area contributed by atoms with E-state index in [-0.39, 0.29) is 12.5 Å². The van der Waals surface area contributed by atoms with Gasteiger partial charge in [-0.1, -0.05) is 0 Å². The first-order chi connectivity index (χ1) is 4.77. The maximum atomic E-state index is 10.7. The smallest absolute Gasteiger partial charge is 0.355 e. The summed E-state index contributed by atoms with van der Waals surface area (Å²) in [5.41, 5.74) is 1.15. The lowest BCUT2D eigenvalue weighted by Gasteiger charge is -1.96. The maximum Gasteiger partial charge on any atom is 0.355 e. The normalized spacial score (nSPS) is 22.8. The molecule has 0 aromatic carbocycles. The number of hydrogen-bond donors (Lipinski definition) is 1. The Morgan fingerprint density at radius 2 is 2.20 bits per heavy atom. The van der Waals surface area contributed by atoms with Crippen molar-refractivity contribution in [3.05, 3.63) is 11.3 Å². The molecule has 0 saturated carbocycles. The number of cyclic esters (lactones) is 1. The summed E-state index contributed by atoms with van der Waals surface area (Å²) in [5, 5.41) is 2.43. The molecule has 0 aromatic rings. The van der Waals surface area contributed by atoms with Crippen molar-refractivity contribution in [3.63, 3.8) is 0 Å². The zero-order chi connectivity index (χ0) is 7.14. The van der Waals surface area contributed by atoms with Crippen molar-refractivity contribution in [2.45, 2.75) is 6.42 Å². The van der Waals surface area contributed by atoms with E-state index in [2.05, 4.69) is 10.1 Å². The zero-order valence-corrected chi connectivity index (χ0v) is 5.14. The van der Waals surface area contributed by atoms with Crippen molar-refractivity contribution >= 4 is 11.9 Å². The van der Waals surface area contributed by atoms with Crippen LogP contribution in [0.2, 0.25) is 0 Å². The molecule has 0 spiro atoms. The molecule has 0 bridgehead atoms. The topological polar surface area (TPSA) is 55.4 Å². The molecule has 52 valence electrons. The number of ether oxygens (including phenoxy) is 1. The Morgan fingerprint density at radius 1 is 1.40 bits per heavy atom. The Labute approximate surface area is 56.8 Å². The third kappa shape index (κ3) is 0.556. The first-order valence-corrected chi connectivity index (χ1v) is 2.96. The Morgan fingerprint density at radius 3 is 2.90 bits per heavy atom. The van der Waals surface area contributed by atoms with Crippen molar-refractivity contribution in [2.75, 3.05) is 6.61 Å². The number of carbonyl (C=O) groups is 2. The van der Waals surface area contributed by atoms with Gasteiger partial charge in [-0.2, -0.15) is 0 Å². The second kappa shape index (κ2) is 1.59. The van der Waals surface area contributed by atoms with E-state index in [1.54, 1.807) is 0 Å². The highest BCUT2D eigenvalue weighted by molar-refractivity contribution is 6.01. The molecule has 2 aliphatic heterocycles. The molecular formula is C6H5NO3. The Kier molecular flexibility index (Phi) is 0.869. The summed E-state index contributed by atoms with van der Waals surface area (Å²) >= 11 is 0. The van der Waals surface area contributed by atoms with Gasteiger partial charge in [0.25, 0.3) is 0 Å². The minimum Gasteiger partial charge on any atom is -0.456 e. The lowest BCUT2D eigenvalue weighted by molar-refractivity contribution is -0.137. The van der Waals surface area contributed by atoms with Crippen LogP contribution in [0.25, 0.3) is 0 Å². The average Bonchev–Trinajstić information content (AvgIpc) is 2.35. The van der Waals surface area contributed by atoms with E-state index >= 15 is 0 Å². The summed E-state index contributed by atoms with van der Waals surface area (Å²) in [7, 11) is 0. The van der Waals surface area contributed by atoms with E-state index in [0.717, 1.165) is 5.57 Å². The summed E-state index contributed by atoms with van der Waals surface area (Å²) in [5.74, 6) is -0.512. The van der Waals surface area contributed by atoms with E-state index in [4.69, 9.17) is 0 Å². The second-order valence-corrected chi connectivity index (χ2v) is 2.28. The third-order valence-corrected chi connectivity index (χ3v) is 1.57. The first-order valence-electron chi connectivity index (χ1n) is 2.96. The van der Waals surface area contributed by atoms with Gasteiger partial charge < -0.3 is 10.1 Å². The fraction of sp³-hybridized carbons (Fsp3) is 0.333. The Bertz CT molecular complexity index is 254. The molecule has 0 fully saturated rings. The van der Waals surface area contributed by atoms with Gasteiger partial charge in [0.2, 0.25) is 5.91 Å². The van der Waals surface area contributed by atoms with Crippen LogP contribution in [-0.2, 0) is 14.3 Å². The van der Waals surface area contributed by atoms with Crippen molar-refractivity contribution < 1.29 is 14.3 Å². The predicted octanol–water partition coefficient (Wildman–Crippen LogP) is -0.683. The van der Waals surface area contributed by atoms with Crippen LogP contribution in [0.3, 0.4) is 0 Å². The van der Waals surface area contributed by atoms with Crippen molar-refractivity contribution in [1.29, 1.82) is 0 Å². The fourth-order valence-electron chi connectivity index (χ4n) is 1.10. The number of rotatable bonds is 0. The van der Waals surface area contributed by atoms with E-state index < -0.39 is 5.97 Å². The average molecular weight is 139 g/mol. The van der Waals surface area contributed by atoms with Crippen LogP contribution in [0.1, 0.15) is 6.42 Å². The van der Waals surface area contributed by atoms with Gasteiger partial charge in [-0.15, -0.1) is 0 Å². The molecule has 0 radical (unpaired) electrons. The van der Waals surface area contributed by atoms with E-state index in [9.17, 15) is 9.59 Å². The van der Waals surface area contributed by atoms with Gasteiger partial charge >= 0.3 is 5.97 Å². The van der Waals surface area contributed by atoms with Crippen LogP contribution < -0.4 is 5.32 Å². The highest BCUT2D eigenvalue weighted by atomic mass is 16.5. The summed E-state index contributed by atoms with van der Waals surface area (Å²) in [4.78, 5) is 21.3. The predicted molar refractivity (Wildman–Crippen MR) is 30.7 cm³/mol. The molecule has 2 rings (SSSR count). The summed E-state index contributed by atoms with van der Waals surface area (Å²) in [6.45, 7) is 0.285. The fourth-order valence-corrected chi connectivity index (χ4v) is 1.10. The Hall–Kier alpha value is -1.32. The first kappa shape index (κ1) is 5.46. The van der Waals surface area contributed by atoms with Gasteiger partial charge in [0, 0.05) is 5.57 Å². The molecule has 0 saturated heterocycles. The Balaban J connectivity index is 2.34. The SMILES string of the molecule is O=C1CC2=C(N1)C(=O)OC2. The lowest BCUT2D eigenvalue weighted by Crippen LogP contribution is -2.20.